The summed E-state index contributed by atoms with van der Waals surface area (Å²) in [5.74, 6) is -0.501. The van der Waals surface area contributed by atoms with E-state index in [9.17, 15) is 22.8 Å². The zero-order valence-corrected chi connectivity index (χ0v) is 18.1. The van der Waals surface area contributed by atoms with Gasteiger partial charge in [-0.15, -0.1) is 0 Å². The molecule has 1 aromatic rings. The molecular weight excluding hydrogens is 407 g/mol. The third kappa shape index (κ3) is 4.83. The summed E-state index contributed by atoms with van der Waals surface area (Å²) < 4.78 is 40.1. The first-order valence-corrected chi connectivity index (χ1v) is 10.6. The van der Waals surface area contributed by atoms with Crippen molar-refractivity contribution in [2.75, 3.05) is 33.2 Å². The Balaban J connectivity index is 1.73. The van der Waals surface area contributed by atoms with Crippen molar-refractivity contribution in [1.29, 1.82) is 0 Å². The van der Waals surface area contributed by atoms with Crippen molar-refractivity contribution < 1.29 is 22.8 Å². The van der Waals surface area contributed by atoms with E-state index < -0.39 is 11.7 Å². The molecule has 0 unspecified atom stereocenters. The van der Waals surface area contributed by atoms with Gasteiger partial charge in [-0.2, -0.15) is 13.2 Å². The number of benzene rings is 1. The van der Waals surface area contributed by atoms with Gasteiger partial charge >= 0.3 is 6.18 Å². The second-order valence-corrected chi connectivity index (χ2v) is 8.03. The highest BCUT2D eigenvalue weighted by molar-refractivity contribution is 6.45. The average molecular weight is 435 g/mol. The van der Waals surface area contributed by atoms with Crippen molar-refractivity contribution in [2.24, 2.45) is 4.99 Å². The van der Waals surface area contributed by atoms with Gasteiger partial charge in [-0.3, -0.25) is 14.6 Å². The standard InChI is InChI=1S/C23H28F3N3O2/c1-4-16-13-29(15(2)30)14-19(16)21(27-3)22(31)28-11-9-17(10-12-28)18-7-5-6-8-20(18)23(24,25)26/h5-8,17H,4,9-14H2,1-3H3. The van der Waals surface area contributed by atoms with Crippen molar-refractivity contribution in [3.05, 3.63) is 46.5 Å². The number of aliphatic imine (C=N–C) groups is 1. The molecule has 0 spiro atoms. The van der Waals surface area contributed by atoms with Gasteiger partial charge in [0.2, 0.25) is 5.91 Å². The van der Waals surface area contributed by atoms with Crippen molar-refractivity contribution in [3.8, 4) is 0 Å². The fourth-order valence-corrected chi connectivity index (χ4v) is 4.49. The lowest BCUT2D eigenvalue weighted by Gasteiger charge is -2.33. The van der Waals surface area contributed by atoms with Gasteiger partial charge in [0.15, 0.2) is 0 Å². The van der Waals surface area contributed by atoms with E-state index >= 15 is 0 Å². The van der Waals surface area contributed by atoms with Crippen LogP contribution >= 0.6 is 0 Å². The second-order valence-electron chi connectivity index (χ2n) is 8.03. The third-order valence-corrected chi connectivity index (χ3v) is 6.23. The summed E-state index contributed by atoms with van der Waals surface area (Å²) >= 11 is 0. The van der Waals surface area contributed by atoms with Crippen LogP contribution in [0.5, 0.6) is 0 Å². The van der Waals surface area contributed by atoms with Crippen LogP contribution in [0.2, 0.25) is 0 Å². The molecule has 0 aliphatic carbocycles. The molecule has 2 aliphatic heterocycles. The Morgan fingerprint density at radius 1 is 1.10 bits per heavy atom. The minimum Gasteiger partial charge on any atom is -0.337 e. The number of likely N-dealkylation sites (tertiary alicyclic amines) is 1. The van der Waals surface area contributed by atoms with E-state index in [1.165, 1.54) is 19.1 Å². The topological polar surface area (TPSA) is 53.0 Å². The van der Waals surface area contributed by atoms with Crippen molar-refractivity contribution in [3.63, 3.8) is 0 Å². The van der Waals surface area contributed by atoms with E-state index in [1.54, 1.807) is 22.9 Å². The van der Waals surface area contributed by atoms with E-state index in [4.69, 9.17) is 0 Å². The van der Waals surface area contributed by atoms with Crippen LogP contribution in [-0.2, 0) is 15.8 Å². The number of piperidine rings is 1. The summed E-state index contributed by atoms with van der Waals surface area (Å²) in [7, 11) is 1.57. The van der Waals surface area contributed by atoms with Gasteiger partial charge in [0.1, 0.15) is 5.71 Å². The van der Waals surface area contributed by atoms with Crippen LogP contribution in [-0.4, -0.2) is 60.6 Å². The molecule has 5 nitrogen and oxygen atoms in total. The molecule has 0 bridgehead atoms. The van der Waals surface area contributed by atoms with Crippen LogP contribution in [0, 0.1) is 0 Å². The predicted octanol–water partition coefficient (Wildman–Crippen LogP) is 4.05. The average Bonchev–Trinajstić information content (AvgIpc) is 3.18. The number of nitrogens with zero attached hydrogens (tertiary/aromatic N) is 3. The molecule has 0 atom stereocenters. The Kier molecular flexibility index (Phi) is 6.86. The van der Waals surface area contributed by atoms with Gasteiger partial charge < -0.3 is 9.80 Å². The number of carbonyl (C=O) groups excluding carboxylic acids is 2. The third-order valence-electron chi connectivity index (χ3n) is 6.23. The maximum atomic E-state index is 13.4. The first-order valence-electron chi connectivity index (χ1n) is 10.6. The van der Waals surface area contributed by atoms with E-state index in [1.807, 2.05) is 6.92 Å². The first-order chi connectivity index (χ1) is 14.7. The maximum absolute atomic E-state index is 13.4. The summed E-state index contributed by atoms with van der Waals surface area (Å²) in [4.78, 5) is 32.6. The maximum Gasteiger partial charge on any atom is 0.416 e. The molecule has 2 amide bonds. The lowest BCUT2D eigenvalue weighted by Crippen LogP contribution is -2.43. The molecule has 2 aliphatic rings. The van der Waals surface area contributed by atoms with E-state index in [0.29, 0.717) is 50.3 Å². The molecule has 0 aromatic heterocycles. The molecule has 1 fully saturated rings. The zero-order valence-electron chi connectivity index (χ0n) is 18.1. The predicted molar refractivity (Wildman–Crippen MR) is 113 cm³/mol. The Morgan fingerprint density at radius 3 is 2.29 bits per heavy atom. The Morgan fingerprint density at radius 2 is 1.74 bits per heavy atom. The highest BCUT2D eigenvalue weighted by atomic mass is 19.4. The van der Waals surface area contributed by atoms with Gasteiger partial charge in [0, 0.05) is 45.7 Å². The summed E-state index contributed by atoms with van der Waals surface area (Å²) in [6.07, 6.45) is -2.73. The number of amides is 2. The summed E-state index contributed by atoms with van der Waals surface area (Å²) in [5.41, 5.74) is 1.89. The van der Waals surface area contributed by atoms with Crippen LogP contribution in [0.1, 0.15) is 50.2 Å². The lowest BCUT2D eigenvalue weighted by atomic mass is 9.86. The van der Waals surface area contributed by atoms with Gasteiger partial charge in [0.05, 0.1) is 5.56 Å². The van der Waals surface area contributed by atoms with Crippen molar-refractivity contribution in [2.45, 2.75) is 45.2 Å². The Labute approximate surface area is 180 Å². The number of halogens is 3. The minimum atomic E-state index is -4.39. The largest absolute Gasteiger partial charge is 0.416 e. The monoisotopic (exact) mass is 435 g/mol. The van der Waals surface area contributed by atoms with Crippen LogP contribution < -0.4 is 0 Å². The quantitative estimate of drug-likeness (QED) is 0.670. The van der Waals surface area contributed by atoms with Crippen LogP contribution in [0.15, 0.2) is 40.4 Å². The lowest BCUT2D eigenvalue weighted by molar-refractivity contribution is -0.138. The molecule has 1 saturated heterocycles. The van der Waals surface area contributed by atoms with E-state index in [0.717, 1.165) is 23.6 Å². The number of alkyl halides is 3. The highest BCUT2D eigenvalue weighted by Crippen LogP contribution is 2.38. The number of hydrogen-bond acceptors (Lipinski definition) is 3. The van der Waals surface area contributed by atoms with Crippen molar-refractivity contribution >= 4 is 17.5 Å². The number of hydrogen-bond donors (Lipinski definition) is 0. The number of carbonyl (C=O) groups is 2. The fraction of sp³-hybridized carbons (Fsp3) is 0.522. The molecule has 2 heterocycles. The molecule has 168 valence electrons. The summed E-state index contributed by atoms with van der Waals surface area (Å²) in [6.45, 7) is 5.11. The van der Waals surface area contributed by atoms with Crippen LogP contribution in [0.4, 0.5) is 13.2 Å². The number of rotatable bonds is 4. The molecule has 0 radical (unpaired) electrons. The molecule has 3 rings (SSSR count). The molecular formula is C23H28F3N3O2. The van der Waals surface area contributed by atoms with Crippen LogP contribution in [0.25, 0.3) is 0 Å². The Bertz CT molecular complexity index is 913. The smallest absolute Gasteiger partial charge is 0.337 e. The molecule has 0 saturated carbocycles. The zero-order chi connectivity index (χ0) is 22.8. The minimum absolute atomic E-state index is 0.0482. The van der Waals surface area contributed by atoms with Gasteiger partial charge in [-0.1, -0.05) is 25.1 Å². The summed E-state index contributed by atoms with van der Waals surface area (Å²) in [5, 5.41) is 0. The Hall–Kier alpha value is -2.64. The van der Waals surface area contributed by atoms with E-state index in [-0.39, 0.29) is 17.7 Å². The van der Waals surface area contributed by atoms with Gasteiger partial charge in [-0.25, -0.2) is 0 Å². The van der Waals surface area contributed by atoms with Gasteiger partial charge in [0.25, 0.3) is 5.91 Å². The second kappa shape index (κ2) is 9.24. The molecule has 0 N–H and O–H groups in total. The molecule has 8 heteroatoms. The fourth-order valence-electron chi connectivity index (χ4n) is 4.49. The normalized spacial score (nSPS) is 18.7. The summed E-state index contributed by atoms with van der Waals surface area (Å²) in [6, 6.07) is 5.69. The van der Waals surface area contributed by atoms with Crippen molar-refractivity contribution in [1.82, 2.24) is 9.80 Å². The van der Waals surface area contributed by atoms with Gasteiger partial charge in [-0.05, 0) is 42.4 Å². The van der Waals surface area contributed by atoms with E-state index in [2.05, 4.69) is 4.99 Å². The first kappa shape index (κ1) is 23.0. The molecule has 1 aromatic carbocycles. The molecule has 31 heavy (non-hydrogen) atoms. The SMILES string of the molecule is CCC1=C(C(=NC)C(=O)N2CCC(c3ccccc3C(F)(F)F)CC2)CN(C(C)=O)C1. The van der Waals surface area contributed by atoms with Crippen LogP contribution in [0.3, 0.4) is 0 Å². The highest BCUT2D eigenvalue weighted by Gasteiger charge is 2.37.